The molecule has 2 rings (SSSR count). The maximum absolute atomic E-state index is 12.2. The van der Waals surface area contributed by atoms with Gasteiger partial charge in [0.25, 0.3) is 0 Å². The van der Waals surface area contributed by atoms with Crippen molar-refractivity contribution in [1.29, 1.82) is 0 Å². The standard InChI is InChI=1S/C14H20N2O2/c1-16(12-6-4-8-15-10-12)14(18)9-11-5-2-3-7-13(11)17/h2-3,5,7,12,15,17H,4,6,8-10H2,1H3. The van der Waals surface area contributed by atoms with Gasteiger partial charge in [-0.15, -0.1) is 0 Å². The molecule has 0 bridgehead atoms. The van der Waals surface area contributed by atoms with Crippen molar-refractivity contribution < 1.29 is 9.90 Å². The second-order valence-electron chi connectivity index (χ2n) is 4.81. The van der Waals surface area contributed by atoms with E-state index in [-0.39, 0.29) is 24.1 Å². The zero-order chi connectivity index (χ0) is 13.0. The predicted octanol–water partition coefficient (Wildman–Crippen LogP) is 1.15. The van der Waals surface area contributed by atoms with Crippen LogP contribution in [0.3, 0.4) is 0 Å². The SMILES string of the molecule is CN(C(=O)Cc1ccccc1O)C1CCCNC1. The third kappa shape index (κ3) is 3.01. The monoisotopic (exact) mass is 248 g/mol. The molecule has 1 fully saturated rings. The van der Waals surface area contributed by atoms with Crippen molar-refractivity contribution >= 4 is 5.91 Å². The number of carbonyl (C=O) groups is 1. The van der Waals surface area contributed by atoms with Gasteiger partial charge in [-0.3, -0.25) is 4.79 Å². The highest BCUT2D eigenvalue weighted by Gasteiger charge is 2.22. The van der Waals surface area contributed by atoms with Gasteiger partial charge in [-0.2, -0.15) is 0 Å². The van der Waals surface area contributed by atoms with Gasteiger partial charge in [0.05, 0.1) is 6.42 Å². The van der Waals surface area contributed by atoms with E-state index in [1.54, 1.807) is 23.1 Å². The van der Waals surface area contributed by atoms with Crippen LogP contribution in [0.1, 0.15) is 18.4 Å². The number of hydrogen-bond donors (Lipinski definition) is 2. The average Bonchev–Trinajstić information content (AvgIpc) is 2.41. The normalized spacial score (nSPS) is 19.5. The Hall–Kier alpha value is -1.55. The largest absolute Gasteiger partial charge is 0.508 e. The van der Waals surface area contributed by atoms with E-state index in [0.29, 0.717) is 5.56 Å². The molecule has 4 heteroatoms. The number of nitrogens with one attached hydrogen (secondary N) is 1. The Bertz CT molecular complexity index is 414. The van der Waals surface area contributed by atoms with Crippen molar-refractivity contribution in [3.63, 3.8) is 0 Å². The second-order valence-corrected chi connectivity index (χ2v) is 4.81. The molecule has 1 heterocycles. The zero-order valence-electron chi connectivity index (χ0n) is 10.7. The van der Waals surface area contributed by atoms with Gasteiger partial charge in [0.2, 0.25) is 5.91 Å². The van der Waals surface area contributed by atoms with Crippen molar-refractivity contribution in [3.05, 3.63) is 29.8 Å². The molecular weight excluding hydrogens is 228 g/mol. The fraction of sp³-hybridized carbons (Fsp3) is 0.500. The van der Waals surface area contributed by atoms with E-state index in [1.807, 2.05) is 13.1 Å². The fourth-order valence-electron chi connectivity index (χ4n) is 2.32. The van der Waals surface area contributed by atoms with Crippen LogP contribution in [0.25, 0.3) is 0 Å². The summed E-state index contributed by atoms with van der Waals surface area (Å²) in [5.41, 5.74) is 0.693. The quantitative estimate of drug-likeness (QED) is 0.843. The minimum absolute atomic E-state index is 0.0604. The molecule has 0 radical (unpaired) electrons. The number of hydrogen-bond acceptors (Lipinski definition) is 3. The van der Waals surface area contributed by atoms with Gasteiger partial charge in [0.1, 0.15) is 5.75 Å². The van der Waals surface area contributed by atoms with Gasteiger partial charge in [-0.25, -0.2) is 0 Å². The number of piperidine rings is 1. The number of rotatable bonds is 3. The molecule has 0 aromatic heterocycles. The summed E-state index contributed by atoms with van der Waals surface area (Å²) in [6, 6.07) is 7.28. The van der Waals surface area contributed by atoms with Gasteiger partial charge in [-0.1, -0.05) is 18.2 Å². The van der Waals surface area contributed by atoms with Crippen molar-refractivity contribution in [2.45, 2.75) is 25.3 Å². The number of para-hydroxylation sites is 1. The second kappa shape index (κ2) is 5.87. The summed E-state index contributed by atoms with van der Waals surface area (Å²) in [6.45, 7) is 1.90. The number of carbonyl (C=O) groups excluding carboxylic acids is 1. The Kier molecular flexibility index (Phi) is 4.20. The molecule has 18 heavy (non-hydrogen) atoms. The highest BCUT2D eigenvalue weighted by molar-refractivity contribution is 5.79. The first kappa shape index (κ1) is 12.9. The Morgan fingerprint density at radius 2 is 2.28 bits per heavy atom. The molecule has 2 N–H and O–H groups in total. The zero-order valence-corrected chi connectivity index (χ0v) is 10.7. The van der Waals surface area contributed by atoms with Crippen LogP contribution in [0.5, 0.6) is 5.75 Å². The third-order valence-corrected chi connectivity index (χ3v) is 3.55. The Morgan fingerprint density at radius 3 is 2.94 bits per heavy atom. The number of phenolic OH excluding ortho intramolecular Hbond substituents is 1. The smallest absolute Gasteiger partial charge is 0.227 e. The highest BCUT2D eigenvalue weighted by Crippen LogP contribution is 2.18. The van der Waals surface area contributed by atoms with E-state index in [2.05, 4.69) is 5.32 Å². The van der Waals surface area contributed by atoms with Gasteiger partial charge < -0.3 is 15.3 Å². The Labute approximate surface area is 108 Å². The molecule has 1 amide bonds. The van der Waals surface area contributed by atoms with Crippen LogP contribution < -0.4 is 5.32 Å². The third-order valence-electron chi connectivity index (χ3n) is 3.55. The summed E-state index contributed by atoms with van der Waals surface area (Å²) in [4.78, 5) is 14.0. The first-order valence-corrected chi connectivity index (χ1v) is 6.41. The van der Waals surface area contributed by atoms with E-state index in [9.17, 15) is 9.90 Å². The minimum atomic E-state index is 0.0604. The lowest BCUT2D eigenvalue weighted by molar-refractivity contribution is -0.131. The molecule has 0 aliphatic carbocycles. The van der Waals surface area contributed by atoms with Gasteiger partial charge in [0.15, 0.2) is 0 Å². The van der Waals surface area contributed by atoms with Crippen LogP contribution >= 0.6 is 0 Å². The molecular formula is C14H20N2O2. The van der Waals surface area contributed by atoms with Gasteiger partial charge in [-0.05, 0) is 25.5 Å². The number of phenols is 1. The number of likely N-dealkylation sites (N-methyl/N-ethyl adjacent to an activating group) is 1. The van der Waals surface area contributed by atoms with Crippen molar-refractivity contribution in [2.75, 3.05) is 20.1 Å². The van der Waals surface area contributed by atoms with Crippen molar-refractivity contribution in [1.82, 2.24) is 10.2 Å². The van der Waals surface area contributed by atoms with E-state index in [1.165, 1.54) is 0 Å². The first-order chi connectivity index (χ1) is 8.68. The fourth-order valence-corrected chi connectivity index (χ4v) is 2.32. The predicted molar refractivity (Wildman–Crippen MR) is 70.5 cm³/mol. The molecule has 1 aromatic carbocycles. The van der Waals surface area contributed by atoms with Crippen LogP contribution in [0.4, 0.5) is 0 Å². The maximum Gasteiger partial charge on any atom is 0.227 e. The average molecular weight is 248 g/mol. The van der Waals surface area contributed by atoms with Gasteiger partial charge >= 0.3 is 0 Å². The van der Waals surface area contributed by atoms with E-state index in [0.717, 1.165) is 25.9 Å². The lowest BCUT2D eigenvalue weighted by Crippen LogP contribution is -2.47. The summed E-state index contributed by atoms with van der Waals surface area (Å²) in [7, 11) is 1.85. The molecule has 1 aliphatic heterocycles. The number of nitrogens with zero attached hydrogens (tertiary/aromatic N) is 1. The molecule has 1 saturated heterocycles. The van der Waals surface area contributed by atoms with Crippen LogP contribution in [-0.2, 0) is 11.2 Å². The summed E-state index contributed by atoms with van der Waals surface area (Å²) in [5.74, 6) is 0.256. The molecule has 1 atom stereocenters. The van der Waals surface area contributed by atoms with E-state index < -0.39 is 0 Å². The van der Waals surface area contributed by atoms with Gasteiger partial charge in [0, 0.05) is 25.2 Å². The molecule has 1 unspecified atom stereocenters. The maximum atomic E-state index is 12.2. The number of aromatic hydroxyl groups is 1. The summed E-state index contributed by atoms with van der Waals surface area (Å²) in [6.07, 6.45) is 2.43. The molecule has 0 spiro atoms. The molecule has 1 aliphatic rings. The number of amides is 1. The minimum Gasteiger partial charge on any atom is -0.508 e. The Morgan fingerprint density at radius 1 is 1.50 bits per heavy atom. The highest BCUT2D eigenvalue weighted by atomic mass is 16.3. The van der Waals surface area contributed by atoms with Crippen LogP contribution in [0, 0.1) is 0 Å². The van der Waals surface area contributed by atoms with Crippen molar-refractivity contribution in [3.8, 4) is 5.75 Å². The van der Waals surface area contributed by atoms with E-state index in [4.69, 9.17) is 0 Å². The topological polar surface area (TPSA) is 52.6 Å². The number of benzene rings is 1. The van der Waals surface area contributed by atoms with E-state index >= 15 is 0 Å². The lowest BCUT2D eigenvalue weighted by atomic mass is 10.0. The van der Waals surface area contributed by atoms with Crippen LogP contribution in [-0.4, -0.2) is 42.1 Å². The van der Waals surface area contributed by atoms with Crippen molar-refractivity contribution in [2.24, 2.45) is 0 Å². The summed E-state index contributed by atoms with van der Waals surface area (Å²) < 4.78 is 0. The molecule has 98 valence electrons. The molecule has 1 aromatic rings. The first-order valence-electron chi connectivity index (χ1n) is 6.41. The molecule has 4 nitrogen and oxygen atoms in total. The Balaban J connectivity index is 1.97. The molecule has 0 saturated carbocycles. The van der Waals surface area contributed by atoms with Crippen LogP contribution in [0.15, 0.2) is 24.3 Å². The summed E-state index contributed by atoms with van der Waals surface area (Å²) >= 11 is 0. The lowest BCUT2D eigenvalue weighted by Gasteiger charge is -2.31. The summed E-state index contributed by atoms with van der Waals surface area (Å²) in [5, 5.41) is 13.0. The van der Waals surface area contributed by atoms with Crippen LogP contribution in [0.2, 0.25) is 0 Å².